The van der Waals surface area contributed by atoms with Crippen molar-refractivity contribution in [3.8, 4) is 0 Å². The number of allylic oxidation sites excluding steroid dienone is 4. The summed E-state index contributed by atoms with van der Waals surface area (Å²) in [4.78, 5) is 0. The molecule has 1 aliphatic carbocycles. The molecule has 0 radical (unpaired) electrons. The lowest BCUT2D eigenvalue weighted by molar-refractivity contribution is 0.558. The maximum Gasteiger partial charge on any atom is 0.108 e. The number of hydrogen-bond acceptors (Lipinski definition) is 0. The van der Waals surface area contributed by atoms with Crippen LogP contribution >= 0.6 is 0 Å². The Balaban J connectivity index is 2.59. The monoisotopic (exact) mass is 158 g/mol. The van der Waals surface area contributed by atoms with Gasteiger partial charge in [0.25, 0.3) is 0 Å². The van der Waals surface area contributed by atoms with Gasteiger partial charge in [0.1, 0.15) is 6.67 Å². The molecule has 0 aliphatic heterocycles. The van der Waals surface area contributed by atoms with Gasteiger partial charge in [-0.1, -0.05) is 6.08 Å². The molecule has 62 valence electrons. The van der Waals surface area contributed by atoms with Crippen LogP contribution < -0.4 is 0 Å². The quantitative estimate of drug-likeness (QED) is 0.553. The Morgan fingerprint density at radius 1 is 1.55 bits per heavy atom. The fourth-order valence-corrected chi connectivity index (χ4v) is 1.08. The predicted octanol–water partition coefficient (Wildman–Crippen LogP) is 3.17. The van der Waals surface area contributed by atoms with Crippen molar-refractivity contribution in [3.63, 3.8) is 0 Å². The Hall–Kier alpha value is -0.660. The molecule has 0 saturated heterocycles. The molecule has 2 heteroatoms. The van der Waals surface area contributed by atoms with Gasteiger partial charge in [-0.3, -0.25) is 0 Å². The Morgan fingerprint density at radius 3 is 2.55 bits per heavy atom. The molecule has 11 heavy (non-hydrogen) atoms. The van der Waals surface area contributed by atoms with Crippen molar-refractivity contribution in [3.05, 3.63) is 23.6 Å². The minimum Gasteiger partial charge on any atom is -0.247 e. The smallest absolute Gasteiger partial charge is 0.108 e. The fraction of sp³-hybridized carbons (Fsp3) is 0.556. The first-order valence-corrected chi connectivity index (χ1v) is 3.84. The summed E-state index contributed by atoms with van der Waals surface area (Å²) in [7, 11) is 0. The van der Waals surface area contributed by atoms with Gasteiger partial charge >= 0.3 is 0 Å². The number of rotatable bonds is 3. The van der Waals surface area contributed by atoms with E-state index < -0.39 is 6.67 Å². The van der Waals surface area contributed by atoms with Crippen molar-refractivity contribution in [2.45, 2.75) is 19.8 Å². The summed E-state index contributed by atoms with van der Waals surface area (Å²) >= 11 is 0. The Kier molecular flexibility index (Phi) is 2.80. The second-order valence-electron chi connectivity index (χ2n) is 2.86. The zero-order valence-electron chi connectivity index (χ0n) is 6.61. The first kappa shape index (κ1) is 8.44. The summed E-state index contributed by atoms with van der Waals surface area (Å²) in [6, 6.07) is 0. The first-order valence-electron chi connectivity index (χ1n) is 3.84. The van der Waals surface area contributed by atoms with Gasteiger partial charge in [-0.15, -0.1) is 0 Å². The summed E-state index contributed by atoms with van der Waals surface area (Å²) in [6.07, 6.45) is 5.04. The van der Waals surface area contributed by atoms with E-state index in [-0.39, 0.29) is 5.83 Å². The van der Waals surface area contributed by atoms with Crippen molar-refractivity contribution in [1.82, 2.24) is 0 Å². The molecule has 0 N–H and O–H groups in total. The molecule has 1 rings (SSSR count). The van der Waals surface area contributed by atoms with Gasteiger partial charge < -0.3 is 0 Å². The van der Waals surface area contributed by atoms with Gasteiger partial charge in [0.15, 0.2) is 0 Å². The van der Waals surface area contributed by atoms with Gasteiger partial charge in [0.05, 0.1) is 5.83 Å². The molecule has 1 fully saturated rings. The van der Waals surface area contributed by atoms with Crippen LogP contribution in [-0.4, -0.2) is 6.67 Å². The van der Waals surface area contributed by atoms with Gasteiger partial charge in [-0.2, -0.15) is 0 Å². The highest BCUT2D eigenvalue weighted by atomic mass is 19.1. The molecule has 0 nitrogen and oxygen atoms in total. The maximum absolute atomic E-state index is 12.4. The number of hydrogen-bond donors (Lipinski definition) is 0. The van der Waals surface area contributed by atoms with Gasteiger partial charge in [-0.05, 0) is 37.3 Å². The highest BCUT2D eigenvalue weighted by molar-refractivity contribution is 5.26. The molecule has 0 aromatic heterocycles. The lowest BCUT2D eigenvalue weighted by Crippen LogP contribution is -1.82. The van der Waals surface area contributed by atoms with Gasteiger partial charge in [0.2, 0.25) is 0 Å². The van der Waals surface area contributed by atoms with Crippen molar-refractivity contribution in [2.24, 2.45) is 5.92 Å². The number of halogens is 2. The largest absolute Gasteiger partial charge is 0.247 e. The summed E-state index contributed by atoms with van der Waals surface area (Å²) in [6.45, 7) is 0.893. The van der Waals surface area contributed by atoms with Crippen LogP contribution in [0.1, 0.15) is 19.8 Å². The van der Waals surface area contributed by atoms with Crippen LogP contribution in [0.5, 0.6) is 0 Å². The van der Waals surface area contributed by atoms with E-state index in [0.717, 1.165) is 18.4 Å². The van der Waals surface area contributed by atoms with Crippen LogP contribution in [0, 0.1) is 5.92 Å². The lowest BCUT2D eigenvalue weighted by atomic mass is 10.1. The Morgan fingerprint density at radius 2 is 2.18 bits per heavy atom. The van der Waals surface area contributed by atoms with E-state index in [1.807, 2.05) is 0 Å². The van der Waals surface area contributed by atoms with E-state index in [9.17, 15) is 8.78 Å². The third-order valence-electron chi connectivity index (χ3n) is 1.73. The van der Waals surface area contributed by atoms with E-state index in [1.54, 1.807) is 0 Å². The van der Waals surface area contributed by atoms with Crippen LogP contribution in [-0.2, 0) is 0 Å². The third-order valence-corrected chi connectivity index (χ3v) is 1.73. The summed E-state index contributed by atoms with van der Waals surface area (Å²) in [5.74, 6) is 0.188. The lowest BCUT2D eigenvalue weighted by Gasteiger charge is -1.96. The maximum atomic E-state index is 12.4. The predicted molar refractivity (Wildman–Crippen MR) is 41.6 cm³/mol. The minimum absolute atomic E-state index is 0.239. The SMILES string of the molecule is C/C(F)=C\C(=C/CF)C1CC1. The molecule has 1 saturated carbocycles. The summed E-state index contributed by atoms with van der Waals surface area (Å²) in [5, 5.41) is 0. The second-order valence-corrected chi connectivity index (χ2v) is 2.86. The van der Waals surface area contributed by atoms with Crippen molar-refractivity contribution in [2.75, 3.05) is 6.67 Å². The summed E-state index contributed by atoms with van der Waals surface area (Å²) in [5.41, 5.74) is 0.826. The normalized spacial score (nSPS) is 20.6. The molecular formula is C9H12F2. The average molecular weight is 158 g/mol. The van der Waals surface area contributed by atoms with E-state index in [4.69, 9.17) is 0 Å². The van der Waals surface area contributed by atoms with Crippen LogP contribution in [0.4, 0.5) is 8.78 Å². The van der Waals surface area contributed by atoms with E-state index in [0.29, 0.717) is 5.92 Å². The Bertz CT molecular complexity index is 184. The molecule has 0 atom stereocenters. The topological polar surface area (TPSA) is 0 Å². The molecule has 0 spiro atoms. The zero-order chi connectivity index (χ0) is 8.27. The fourth-order valence-electron chi connectivity index (χ4n) is 1.08. The van der Waals surface area contributed by atoms with Crippen LogP contribution in [0.3, 0.4) is 0 Å². The van der Waals surface area contributed by atoms with Crippen molar-refractivity contribution in [1.29, 1.82) is 0 Å². The second kappa shape index (κ2) is 3.65. The molecule has 0 heterocycles. The third kappa shape index (κ3) is 2.83. The molecule has 0 aromatic carbocycles. The highest BCUT2D eigenvalue weighted by Crippen LogP contribution is 2.37. The molecule has 0 bridgehead atoms. The first-order chi connectivity index (χ1) is 5.24. The zero-order valence-corrected chi connectivity index (χ0v) is 6.61. The van der Waals surface area contributed by atoms with Crippen LogP contribution in [0.15, 0.2) is 23.6 Å². The van der Waals surface area contributed by atoms with Gasteiger partial charge in [-0.25, -0.2) is 8.78 Å². The number of alkyl halides is 1. The van der Waals surface area contributed by atoms with Crippen LogP contribution in [0.25, 0.3) is 0 Å². The summed E-state index contributed by atoms with van der Waals surface area (Å²) < 4.78 is 24.2. The van der Waals surface area contributed by atoms with Crippen LogP contribution in [0.2, 0.25) is 0 Å². The minimum atomic E-state index is -0.490. The average Bonchev–Trinajstić information content (AvgIpc) is 2.66. The highest BCUT2D eigenvalue weighted by Gasteiger charge is 2.24. The van der Waals surface area contributed by atoms with Gasteiger partial charge in [0, 0.05) is 0 Å². The van der Waals surface area contributed by atoms with E-state index in [1.165, 1.54) is 19.1 Å². The molecule has 0 aromatic rings. The molecular weight excluding hydrogens is 146 g/mol. The Labute approximate surface area is 65.6 Å². The molecule has 0 amide bonds. The van der Waals surface area contributed by atoms with E-state index in [2.05, 4.69) is 0 Å². The van der Waals surface area contributed by atoms with Crippen molar-refractivity contribution < 1.29 is 8.78 Å². The van der Waals surface area contributed by atoms with E-state index >= 15 is 0 Å². The molecule has 1 aliphatic rings. The van der Waals surface area contributed by atoms with Crippen molar-refractivity contribution >= 4 is 0 Å². The molecule has 0 unspecified atom stereocenters. The standard InChI is InChI=1S/C9H12F2/c1-7(11)6-9(4-5-10)8-2-3-8/h4,6,8H,2-3,5H2,1H3/b7-6+,9-4+.